The van der Waals surface area contributed by atoms with Gasteiger partial charge in [0.2, 0.25) is 5.91 Å². The molecule has 0 aromatic carbocycles. The summed E-state index contributed by atoms with van der Waals surface area (Å²) in [5, 5.41) is 2.76. The molecule has 1 rings (SSSR count). The molecule has 1 unspecified atom stereocenters. The molecule has 0 aliphatic heterocycles. The Morgan fingerprint density at radius 2 is 1.89 bits per heavy atom. The van der Waals surface area contributed by atoms with Gasteiger partial charge in [-0.05, 0) is 38.0 Å². The van der Waals surface area contributed by atoms with Crippen LogP contribution in [0.4, 0.5) is 0 Å². The summed E-state index contributed by atoms with van der Waals surface area (Å²) in [6.45, 7) is 4.03. The molecule has 1 aliphatic rings. The molecule has 1 fully saturated rings. The number of hydrogen-bond acceptors (Lipinski definition) is 3. The molecule has 4 nitrogen and oxygen atoms in total. The second-order valence-corrected chi connectivity index (χ2v) is 5.58. The van der Waals surface area contributed by atoms with E-state index in [0.29, 0.717) is 12.3 Å². The van der Waals surface area contributed by atoms with Gasteiger partial charge in [-0.15, -0.1) is 0 Å². The average molecular weight is 267 g/mol. The highest BCUT2D eigenvalue weighted by molar-refractivity contribution is 5.92. The van der Waals surface area contributed by atoms with E-state index in [9.17, 15) is 9.59 Å². The van der Waals surface area contributed by atoms with Crippen LogP contribution in [0.15, 0.2) is 11.6 Å². The molecule has 4 heteroatoms. The number of hydrogen-bond donors (Lipinski definition) is 1. The minimum absolute atomic E-state index is 0.173. The number of amides is 1. The lowest BCUT2D eigenvalue weighted by Gasteiger charge is -2.18. The van der Waals surface area contributed by atoms with Crippen molar-refractivity contribution in [2.45, 2.75) is 58.4 Å². The Bertz CT molecular complexity index is 339. The molecule has 0 spiro atoms. The van der Waals surface area contributed by atoms with Gasteiger partial charge in [0, 0.05) is 6.08 Å². The predicted molar refractivity (Wildman–Crippen MR) is 74.6 cm³/mol. The molecule has 1 amide bonds. The Morgan fingerprint density at radius 1 is 1.26 bits per heavy atom. The first-order chi connectivity index (χ1) is 9.02. The van der Waals surface area contributed by atoms with Crippen LogP contribution in [0, 0.1) is 5.92 Å². The van der Waals surface area contributed by atoms with Crippen molar-refractivity contribution in [2.75, 3.05) is 7.11 Å². The Kier molecular flexibility index (Phi) is 6.60. The van der Waals surface area contributed by atoms with E-state index in [1.54, 1.807) is 6.08 Å². The molecular weight excluding hydrogens is 242 g/mol. The minimum Gasteiger partial charge on any atom is -0.467 e. The zero-order valence-corrected chi connectivity index (χ0v) is 12.2. The van der Waals surface area contributed by atoms with Crippen molar-refractivity contribution in [3.8, 4) is 0 Å². The number of rotatable bonds is 5. The normalized spacial score (nSPS) is 16.9. The highest BCUT2D eigenvalue weighted by atomic mass is 16.5. The van der Waals surface area contributed by atoms with Crippen LogP contribution in [-0.4, -0.2) is 25.0 Å². The highest BCUT2D eigenvalue weighted by Crippen LogP contribution is 2.22. The Hall–Kier alpha value is -1.32. The van der Waals surface area contributed by atoms with Crippen molar-refractivity contribution in [1.29, 1.82) is 0 Å². The first-order valence-electron chi connectivity index (χ1n) is 7.10. The third kappa shape index (κ3) is 5.90. The van der Waals surface area contributed by atoms with Gasteiger partial charge in [0.25, 0.3) is 0 Å². The van der Waals surface area contributed by atoms with Crippen molar-refractivity contribution < 1.29 is 14.3 Å². The summed E-state index contributed by atoms with van der Waals surface area (Å²) in [4.78, 5) is 23.5. The van der Waals surface area contributed by atoms with Gasteiger partial charge in [0.05, 0.1) is 7.11 Å². The summed E-state index contributed by atoms with van der Waals surface area (Å²) in [6.07, 6.45) is 7.83. The van der Waals surface area contributed by atoms with Gasteiger partial charge in [-0.25, -0.2) is 4.79 Å². The van der Waals surface area contributed by atoms with E-state index in [2.05, 4.69) is 5.32 Å². The Morgan fingerprint density at radius 3 is 2.42 bits per heavy atom. The first kappa shape index (κ1) is 15.7. The third-order valence-corrected chi connectivity index (χ3v) is 3.34. The molecule has 0 radical (unpaired) electrons. The monoisotopic (exact) mass is 267 g/mol. The van der Waals surface area contributed by atoms with E-state index in [4.69, 9.17) is 4.74 Å². The number of ether oxygens (including phenoxy) is 1. The van der Waals surface area contributed by atoms with Gasteiger partial charge in [-0.2, -0.15) is 0 Å². The van der Waals surface area contributed by atoms with Crippen molar-refractivity contribution >= 4 is 11.9 Å². The van der Waals surface area contributed by atoms with Gasteiger partial charge >= 0.3 is 5.97 Å². The van der Waals surface area contributed by atoms with Gasteiger partial charge in [0.1, 0.15) is 6.04 Å². The molecule has 0 saturated heterocycles. The summed E-state index contributed by atoms with van der Waals surface area (Å²) >= 11 is 0. The minimum atomic E-state index is -0.544. The van der Waals surface area contributed by atoms with Gasteiger partial charge in [-0.1, -0.05) is 25.8 Å². The number of carbonyl (C=O) groups excluding carboxylic acids is 2. The molecule has 0 aromatic rings. The zero-order valence-electron chi connectivity index (χ0n) is 12.2. The maximum absolute atomic E-state index is 11.9. The maximum atomic E-state index is 11.9. The van der Waals surface area contributed by atoms with Crippen LogP contribution in [0.2, 0.25) is 0 Å². The van der Waals surface area contributed by atoms with Crippen molar-refractivity contribution in [3.63, 3.8) is 0 Å². The van der Waals surface area contributed by atoms with Gasteiger partial charge < -0.3 is 10.1 Å². The number of allylic oxidation sites excluding steroid dienone is 1. The van der Waals surface area contributed by atoms with Crippen molar-refractivity contribution in [3.05, 3.63) is 11.6 Å². The number of esters is 1. The topological polar surface area (TPSA) is 55.4 Å². The van der Waals surface area contributed by atoms with Crippen LogP contribution < -0.4 is 5.32 Å². The van der Waals surface area contributed by atoms with E-state index in [0.717, 1.165) is 25.7 Å². The molecule has 1 atom stereocenters. The fourth-order valence-corrected chi connectivity index (χ4v) is 2.38. The summed E-state index contributed by atoms with van der Waals surface area (Å²) in [5.41, 5.74) is 1.19. The van der Waals surface area contributed by atoms with Crippen LogP contribution in [0.3, 0.4) is 0 Å². The van der Waals surface area contributed by atoms with Gasteiger partial charge in [-0.3, -0.25) is 4.79 Å². The van der Waals surface area contributed by atoms with E-state index >= 15 is 0 Å². The lowest BCUT2D eigenvalue weighted by molar-refractivity contribution is -0.145. The largest absolute Gasteiger partial charge is 0.467 e. The zero-order chi connectivity index (χ0) is 14.3. The summed E-state index contributed by atoms with van der Waals surface area (Å²) in [6, 6.07) is -0.544. The molecule has 0 aromatic heterocycles. The molecule has 108 valence electrons. The first-order valence-corrected chi connectivity index (χ1v) is 7.10. The fraction of sp³-hybridized carbons (Fsp3) is 0.733. The number of nitrogens with one attached hydrogen (secondary N) is 1. The van der Waals surface area contributed by atoms with Crippen LogP contribution in [0.25, 0.3) is 0 Å². The Labute approximate surface area is 115 Å². The van der Waals surface area contributed by atoms with E-state index in [1.165, 1.54) is 19.1 Å². The third-order valence-electron chi connectivity index (χ3n) is 3.34. The summed E-state index contributed by atoms with van der Waals surface area (Å²) in [7, 11) is 1.35. The highest BCUT2D eigenvalue weighted by Gasteiger charge is 2.22. The smallest absolute Gasteiger partial charge is 0.328 e. The fourth-order valence-electron chi connectivity index (χ4n) is 2.38. The summed E-state index contributed by atoms with van der Waals surface area (Å²) < 4.78 is 4.73. The van der Waals surface area contributed by atoms with E-state index < -0.39 is 6.04 Å². The standard InChI is InChI=1S/C15H25NO3/c1-11(2)9-13(15(18)19-3)16-14(17)10-12-7-5-4-6-8-12/h10-11,13H,4-9H2,1-3H3,(H,16,17). The predicted octanol–water partition coefficient (Wildman–Crippen LogP) is 2.58. The number of methoxy groups -OCH3 is 1. The van der Waals surface area contributed by atoms with Gasteiger partial charge in [0.15, 0.2) is 0 Å². The average Bonchev–Trinajstić information content (AvgIpc) is 2.37. The van der Waals surface area contributed by atoms with Crippen LogP contribution in [0.1, 0.15) is 52.4 Å². The molecule has 0 heterocycles. The van der Waals surface area contributed by atoms with Crippen LogP contribution in [0.5, 0.6) is 0 Å². The molecule has 1 aliphatic carbocycles. The van der Waals surface area contributed by atoms with E-state index in [1.807, 2.05) is 13.8 Å². The SMILES string of the molecule is COC(=O)C(CC(C)C)NC(=O)C=C1CCCCC1. The molecular formula is C15H25NO3. The van der Waals surface area contributed by atoms with E-state index in [-0.39, 0.29) is 11.9 Å². The van der Waals surface area contributed by atoms with Crippen molar-refractivity contribution in [2.24, 2.45) is 5.92 Å². The Balaban J connectivity index is 2.57. The number of carbonyl (C=O) groups is 2. The maximum Gasteiger partial charge on any atom is 0.328 e. The summed E-state index contributed by atoms with van der Waals surface area (Å²) in [5.74, 6) is -0.219. The molecule has 19 heavy (non-hydrogen) atoms. The van der Waals surface area contributed by atoms with Crippen molar-refractivity contribution in [1.82, 2.24) is 5.32 Å². The lowest BCUT2D eigenvalue weighted by Crippen LogP contribution is -2.41. The quantitative estimate of drug-likeness (QED) is 0.615. The second kappa shape index (κ2) is 7.97. The van der Waals surface area contributed by atoms with Crippen LogP contribution in [-0.2, 0) is 14.3 Å². The van der Waals surface area contributed by atoms with Crippen LogP contribution >= 0.6 is 0 Å². The second-order valence-electron chi connectivity index (χ2n) is 5.58. The lowest BCUT2D eigenvalue weighted by atomic mass is 9.94. The molecule has 0 bridgehead atoms. The molecule has 1 N–H and O–H groups in total. The molecule has 1 saturated carbocycles.